The number of carbonyl (C=O) groups excluding carboxylic acids is 1. The number of carbonyl (C=O) groups is 1. The molecular formula is C18H21NO3. The number of nitrogens with two attached hydrogens (primary N) is 1. The molecule has 0 aliphatic heterocycles. The standard InChI is InChI=1S/C18H21NO3/c1-2-21-18(20)16-7-3-15(4-8-16)13-22-17-9-5-14(6-10-17)11-12-19/h3-10H,2,11-13,19H2,1H3. The summed E-state index contributed by atoms with van der Waals surface area (Å²) in [5.41, 5.74) is 8.28. The molecule has 0 radical (unpaired) electrons. The zero-order chi connectivity index (χ0) is 15.8. The van der Waals surface area contributed by atoms with Crippen LogP contribution in [-0.2, 0) is 17.8 Å². The van der Waals surface area contributed by atoms with Gasteiger partial charge in [0.15, 0.2) is 0 Å². The van der Waals surface area contributed by atoms with Crippen molar-refractivity contribution in [1.29, 1.82) is 0 Å². The van der Waals surface area contributed by atoms with Gasteiger partial charge < -0.3 is 15.2 Å². The van der Waals surface area contributed by atoms with Crippen molar-refractivity contribution in [2.45, 2.75) is 20.0 Å². The molecule has 0 saturated heterocycles. The molecule has 0 amide bonds. The van der Waals surface area contributed by atoms with E-state index < -0.39 is 0 Å². The minimum Gasteiger partial charge on any atom is -0.489 e. The van der Waals surface area contributed by atoms with E-state index in [2.05, 4.69) is 0 Å². The normalized spacial score (nSPS) is 10.3. The van der Waals surface area contributed by atoms with Gasteiger partial charge in [-0.05, 0) is 55.3 Å². The lowest BCUT2D eigenvalue weighted by atomic mass is 10.1. The first-order valence-electron chi connectivity index (χ1n) is 7.40. The molecule has 2 rings (SSSR count). The number of hydrogen-bond acceptors (Lipinski definition) is 4. The Morgan fingerprint density at radius 3 is 2.23 bits per heavy atom. The zero-order valence-corrected chi connectivity index (χ0v) is 12.7. The quantitative estimate of drug-likeness (QED) is 0.798. The number of hydrogen-bond donors (Lipinski definition) is 1. The lowest BCUT2D eigenvalue weighted by Gasteiger charge is -2.08. The molecule has 22 heavy (non-hydrogen) atoms. The Balaban J connectivity index is 1.89. The molecule has 2 N–H and O–H groups in total. The molecule has 0 unspecified atom stereocenters. The van der Waals surface area contributed by atoms with Crippen molar-refractivity contribution in [1.82, 2.24) is 0 Å². The van der Waals surface area contributed by atoms with Crippen molar-refractivity contribution in [3.8, 4) is 5.75 Å². The fraction of sp³-hybridized carbons (Fsp3) is 0.278. The van der Waals surface area contributed by atoms with Gasteiger partial charge in [-0.3, -0.25) is 0 Å². The fourth-order valence-electron chi connectivity index (χ4n) is 2.04. The summed E-state index contributed by atoms with van der Waals surface area (Å²) in [6, 6.07) is 15.2. The van der Waals surface area contributed by atoms with Crippen LogP contribution in [0.4, 0.5) is 0 Å². The average Bonchev–Trinajstić information content (AvgIpc) is 2.55. The molecule has 0 fully saturated rings. The average molecular weight is 299 g/mol. The molecule has 0 aliphatic carbocycles. The number of rotatable bonds is 7. The van der Waals surface area contributed by atoms with E-state index in [1.165, 1.54) is 5.56 Å². The molecule has 0 atom stereocenters. The molecule has 2 aromatic rings. The van der Waals surface area contributed by atoms with E-state index in [1.54, 1.807) is 19.1 Å². The molecule has 0 spiro atoms. The van der Waals surface area contributed by atoms with Crippen LogP contribution in [0.25, 0.3) is 0 Å². The highest BCUT2D eigenvalue weighted by atomic mass is 16.5. The molecule has 4 heteroatoms. The Morgan fingerprint density at radius 2 is 1.64 bits per heavy atom. The summed E-state index contributed by atoms with van der Waals surface area (Å²) in [7, 11) is 0. The van der Waals surface area contributed by atoms with Crippen molar-refractivity contribution in [3.05, 3.63) is 65.2 Å². The maximum absolute atomic E-state index is 11.6. The highest BCUT2D eigenvalue weighted by Crippen LogP contribution is 2.15. The van der Waals surface area contributed by atoms with Crippen LogP contribution in [-0.4, -0.2) is 19.1 Å². The van der Waals surface area contributed by atoms with E-state index in [-0.39, 0.29) is 5.97 Å². The van der Waals surface area contributed by atoms with Gasteiger partial charge in [-0.1, -0.05) is 24.3 Å². The van der Waals surface area contributed by atoms with Crippen LogP contribution in [0, 0.1) is 0 Å². The van der Waals surface area contributed by atoms with E-state index in [0.29, 0.717) is 25.3 Å². The summed E-state index contributed by atoms with van der Waals surface area (Å²) in [5, 5.41) is 0. The first-order valence-corrected chi connectivity index (χ1v) is 7.40. The van der Waals surface area contributed by atoms with Gasteiger partial charge in [-0.25, -0.2) is 4.79 Å². The summed E-state index contributed by atoms with van der Waals surface area (Å²) in [6.07, 6.45) is 0.871. The first-order chi connectivity index (χ1) is 10.7. The van der Waals surface area contributed by atoms with Gasteiger partial charge in [0.2, 0.25) is 0 Å². The molecule has 0 saturated carbocycles. The van der Waals surface area contributed by atoms with Crippen LogP contribution < -0.4 is 10.5 Å². The minimum absolute atomic E-state index is 0.300. The van der Waals surface area contributed by atoms with E-state index >= 15 is 0 Å². The Morgan fingerprint density at radius 1 is 1.00 bits per heavy atom. The van der Waals surface area contributed by atoms with Crippen molar-refractivity contribution in [2.75, 3.05) is 13.2 Å². The van der Waals surface area contributed by atoms with Gasteiger partial charge in [0.25, 0.3) is 0 Å². The SMILES string of the molecule is CCOC(=O)c1ccc(COc2ccc(CCN)cc2)cc1. The summed E-state index contributed by atoms with van der Waals surface area (Å²) in [6.45, 7) is 3.27. The number of benzene rings is 2. The van der Waals surface area contributed by atoms with Crippen LogP contribution in [0.2, 0.25) is 0 Å². The van der Waals surface area contributed by atoms with Crippen LogP contribution in [0.5, 0.6) is 5.75 Å². The van der Waals surface area contributed by atoms with Crippen molar-refractivity contribution in [2.24, 2.45) is 5.73 Å². The summed E-state index contributed by atoms with van der Waals surface area (Å²) in [5.74, 6) is 0.515. The Labute approximate surface area is 130 Å². The second-order valence-electron chi connectivity index (χ2n) is 4.89. The highest BCUT2D eigenvalue weighted by molar-refractivity contribution is 5.89. The van der Waals surface area contributed by atoms with Gasteiger partial charge in [0.05, 0.1) is 12.2 Å². The third kappa shape index (κ3) is 4.60. The largest absolute Gasteiger partial charge is 0.489 e. The van der Waals surface area contributed by atoms with E-state index in [0.717, 1.165) is 17.7 Å². The first kappa shape index (κ1) is 16.0. The van der Waals surface area contributed by atoms with Crippen molar-refractivity contribution >= 4 is 5.97 Å². The van der Waals surface area contributed by atoms with Crippen molar-refractivity contribution in [3.63, 3.8) is 0 Å². The Hall–Kier alpha value is -2.33. The van der Waals surface area contributed by atoms with Crippen LogP contribution in [0.1, 0.15) is 28.4 Å². The third-order valence-corrected chi connectivity index (χ3v) is 3.23. The molecule has 0 bridgehead atoms. The monoisotopic (exact) mass is 299 g/mol. The van der Waals surface area contributed by atoms with Gasteiger partial charge in [0.1, 0.15) is 12.4 Å². The summed E-state index contributed by atoms with van der Waals surface area (Å²) in [4.78, 5) is 11.6. The maximum Gasteiger partial charge on any atom is 0.338 e. The predicted molar refractivity (Wildman–Crippen MR) is 85.9 cm³/mol. The van der Waals surface area contributed by atoms with E-state index in [1.807, 2.05) is 36.4 Å². The molecule has 0 heterocycles. The molecular weight excluding hydrogens is 278 g/mol. The highest BCUT2D eigenvalue weighted by Gasteiger charge is 2.05. The fourth-order valence-corrected chi connectivity index (χ4v) is 2.04. The number of ether oxygens (including phenoxy) is 2. The van der Waals surface area contributed by atoms with Crippen LogP contribution >= 0.6 is 0 Å². The molecule has 4 nitrogen and oxygen atoms in total. The smallest absolute Gasteiger partial charge is 0.338 e. The Bertz CT molecular complexity index is 591. The Kier molecular flexibility index (Phi) is 5.98. The molecule has 0 aliphatic rings. The zero-order valence-electron chi connectivity index (χ0n) is 12.7. The molecule has 2 aromatic carbocycles. The minimum atomic E-state index is -0.300. The topological polar surface area (TPSA) is 61.5 Å². The van der Waals surface area contributed by atoms with Crippen LogP contribution in [0.3, 0.4) is 0 Å². The second-order valence-corrected chi connectivity index (χ2v) is 4.89. The molecule has 0 aromatic heterocycles. The lowest BCUT2D eigenvalue weighted by Crippen LogP contribution is -2.05. The maximum atomic E-state index is 11.6. The summed E-state index contributed by atoms with van der Waals surface area (Å²) < 4.78 is 10.7. The van der Waals surface area contributed by atoms with Gasteiger partial charge in [0, 0.05) is 0 Å². The van der Waals surface area contributed by atoms with Gasteiger partial charge in [-0.15, -0.1) is 0 Å². The van der Waals surface area contributed by atoms with Crippen LogP contribution in [0.15, 0.2) is 48.5 Å². The lowest BCUT2D eigenvalue weighted by molar-refractivity contribution is 0.0526. The van der Waals surface area contributed by atoms with Crippen molar-refractivity contribution < 1.29 is 14.3 Å². The predicted octanol–water partition coefficient (Wildman–Crippen LogP) is 2.94. The third-order valence-electron chi connectivity index (χ3n) is 3.23. The van der Waals surface area contributed by atoms with Gasteiger partial charge in [-0.2, -0.15) is 0 Å². The van der Waals surface area contributed by atoms with E-state index in [4.69, 9.17) is 15.2 Å². The number of esters is 1. The molecule has 116 valence electrons. The van der Waals surface area contributed by atoms with Gasteiger partial charge >= 0.3 is 5.97 Å². The van der Waals surface area contributed by atoms with E-state index in [9.17, 15) is 4.79 Å². The second kappa shape index (κ2) is 8.20. The summed E-state index contributed by atoms with van der Waals surface area (Å²) >= 11 is 0.